The summed E-state index contributed by atoms with van der Waals surface area (Å²) < 4.78 is 4.79. The molecule has 0 spiro atoms. The SMILES string of the molecule is CNC(=O)NC(=O)C(C)N(C)CC(O)COC. The van der Waals surface area contributed by atoms with Crippen molar-refractivity contribution in [2.24, 2.45) is 0 Å². The van der Waals surface area contributed by atoms with E-state index in [1.54, 1.807) is 18.9 Å². The molecule has 0 aromatic heterocycles. The minimum absolute atomic E-state index is 0.203. The third kappa shape index (κ3) is 6.20. The molecule has 100 valence electrons. The maximum Gasteiger partial charge on any atom is 0.321 e. The van der Waals surface area contributed by atoms with E-state index in [1.165, 1.54) is 14.2 Å². The van der Waals surface area contributed by atoms with Gasteiger partial charge >= 0.3 is 6.03 Å². The van der Waals surface area contributed by atoms with Crippen molar-refractivity contribution in [1.82, 2.24) is 15.5 Å². The first-order valence-electron chi connectivity index (χ1n) is 5.32. The summed E-state index contributed by atoms with van der Waals surface area (Å²) in [6, 6.07) is -1.06. The molecule has 2 atom stereocenters. The quantitative estimate of drug-likeness (QED) is 0.547. The number of aliphatic hydroxyl groups is 1. The number of ether oxygens (including phenoxy) is 1. The zero-order valence-electron chi connectivity index (χ0n) is 10.7. The molecule has 17 heavy (non-hydrogen) atoms. The minimum Gasteiger partial charge on any atom is -0.389 e. The third-order valence-corrected chi connectivity index (χ3v) is 2.36. The van der Waals surface area contributed by atoms with Gasteiger partial charge in [-0.1, -0.05) is 0 Å². The van der Waals surface area contributed by atoms with Crippen LogP contribution in [0.15, 0.2) is 0 Å². The molecule has 0 bridgehead atoms. The van der Waals surface area contributed by atoms with Crippen LogP contribution in [0.2, 0.25) is 0 Å². The predicted molar refractivity (Wildman–Crippen MR) is 62.6 cm³/mol. The lowest BCUT2D eigenvalue weighted by atomic mass is 10.2. The molecule has 0 saturated carbocycles. The largest absolute Gasteiger partial charge is 0.389 e. The number of amides is 3. The van der Waals surface area contributed by atoms with Gasteiger partial charge in [-0.2, -0.15) is 0 Å². The molecule has 0 aliphatic rings. The van der Waals surface area contributed by atoms with Crippen LogP contribution in [0.1, 0.15) is 6.92 Å². The maximum atomic E-state index is 11.6. The van der Waals surface area contributed by atoms with E-state index in [2.05, 4.69) is 10.6 Å². The molecule has 7 heteroatoms. The number of carbonyl (C=O) groups excluding carboxylic acids is 2. The van der Waals surface area contributed by atoms with Gasteiger partial charge in [0.2, 0.25) is 5.91 Å². The normalized spacial score (nSPS) is 14.2. The van der Waals surface area contributed by atoms with Crippen LogP contribution in [0, 0.1) is 0 Å². The van der Waals surface area contributed by atoms with Gasteiger partial charge in [-0.15, -0.1) is 0 Å². The van der Waals surface area contributed by atoms with Gasteiger partial charge in [0.15, 0.2) is 0 Å². The zero-order valence-corrected chi connectivity index (χ0v) is 10.7. The summed E-state index contributed by atoms with van der Waals surface area (Å²) in [5, 5.41) is 14.0. The Labute approximate surface area is 101 Å². The van der Waals surface area contributed by atoms with Gasteiger partial charge in [-0.05, 0) is 14.0 Å². The van der Waals surface area contributed by atoms with Gasteiger partial charge in [-0.3, -0.25) is 15.0 Å². The zero-order chi connectivity index (χ0) is 13.4. The lowest BCUT2D eigenvalue weighted by molar-refractivity contribution is -0.124. The highest BCUT2D eigenvalue weighted by atomic mass is 16.5. The number of imide groups is 1. The number of hydrogen-bond donors (Lipinski definition) is 3. The number of rotatable bonds is 6. The van der Waals surface area contributed by atoms with Crippen molar-refractivity contribution >= 4 is 11.9 Å². The van der Waals surface area contributed by atoms with Crippen LogP contribution in [0.4, 0.5) is 4.79 Å². The van der Waals surface area contributed by atoms with Crippen molar-refractivity contribution in [3.05, 3.63) is 0 Å². The average molecular weight is 247 g/mol. The molecule has 0 aliphatic carbocycles. The monoisotopic (exact) mass is 247 g/mol. The Balaban J connectivity index is 4.15. The van der Waals surface area contributed by atoms with Crippen LogP contribution in [0.25, 0.3) is 0 Å². The van der Waals surface area contributed by atoms with Gasteiger partial charge in [0.05, 0.1) is 18.8 Å². The molecule has 0 rings (SSSR count). The van der Waals surface area contributed by atoms with Crippen LogP contribution in [-0.2, 0) is 9.53 Å². The fraction of sp³-hybridized carbons (Fsp3) is 0.800. The molecule has 2 unspecified atom stereocenters. The molecule has 3 N–H and O–H groups in total. The molecule has 0 fully saturated rings. The van der Waals surface area contributed by atoms with Crippen molar-refractivity contribution in [2.45, 2.75) is 19.1 Å². The van der Waals surface area contributed by atoms with Crippen molar-refractivity contribution < 1.29 is 19.4 Å². The Bertz CT molecular complexity index is 260. The molecule has 0 heterocycles. The molecular weight excluding hydrogens is 226 g/mol. The van der Waals surface area contributed by atoms with E-state index in [9.17, 15) is 14.7 Å². The summed E-state index contributed by atoms with van der Waals surface area (Å²) in [6.45, 7) is 2.14. The number of methoxy groups -OCH3 is 1. The van der Waals surface area contributed by atoms with E-state index in [0.717, 1.165) is 0 Å². The van der Waals surface area contributed by atoms with E-state index < -0.39 is 24.1 Å². The van der Waals surface area contributed by atoms with Crippen molar-refractivity contribution in [3.63, 3.8) is 0 Å². The van der Waals surface area contributed by atoms with E-state index in [-0.39, 0.29) is 13.2 Å². The molecule has 0 radical (unpaired) electrons. The van der Waals surface area contributed by atoms with Crippen LogP contribution < -0.4 is 10.6 Å². The van der Waals surface area contributed by atoms with Crippen LogP contribution in [0.3, 0.4) is 0 Å². The second kappa shape index (κ2) is 7.99. The average Bonchev–Trinajstić information content (AvgIpc) is 2.27. The molecule has 3 amide bonds. The fourth-order valence-corrected chi connectivity index (χ4v) is 1.21. The Morgan fingerprint density at radius 1 is 1.47 bits per heavy atom. The van der Waals surface area contributed by atoms with E-state index in [1.807, 2.05) is 0 Å². The van der Waals surface area contributed by atoms with Crippen LogP contribution in [0.5, 0.6) is 0 Å². The van der Waals surface area contributed by atoms with Gasteiger partial charge in [-0.25, -0.2) is 4.79 Å². The summed E-state index contributed by atoms with van der Waals surface area (Å²) in [5.74, 6) is -0.420. The number of aliphatic hydroxyl groups excluding tert-OH is 1. The fourth-order valence-electron chi connectivity index (χ4n) is 1.21. The molecule has 0 aromatic rings. The summed E-state index contributed by atoms with van der Waals surface area (Å²) in [6.07, 6.45) is -0.666. The minimum atomic E-state index is -0.666. The molecule has 0 aliphatic heterocycles. The van der Waals surface area contributed by atoms with E-state index >= 15 is 0 Å². The summed E-state index contributed by atoms with van der Waals surface area (Å²) in [5.41, 5.74) is 0. The second-order valence-electron chi connectivity index (χ2n) is 3.79. The third-order valence-electron chi connectivity index (χ3n) is 2.36. The summed E-state index contributed by atoms with van der Waals surface area (Å²) >= 11 is 0. The Morgan fingerprint density at radius 3 is 2.53 bits per heavy atom. The van der Waals surface area contributed by atoms with Gasteiger partial charge in [0, 0.05) is 20.7 Å². The lowest BCUT2D eigenvalue weighted by Crippen LogP contribution is -2.49. The van der Waals surface area contributed by atoms with E-state index in [4.69, 9.17) is 4.74 Å². The number of likely N-dealkylation sites (N-methyl/N-ethyl adjacent to an activating group) is 1. The summed E-state index contributed by atoms with van der Waals surface area (Å²) in [4.78, 5) is 24.2. The highest BCUT2D eigenvalue weighted by Crippen LogP contribution is 1.98. The molecule has 7 nitrogen and oxygen atoms in total. The van der Waals surface area contributed by atoms with Gasteiger partial charge in [0.1, 0.15) is 0 Å². The highest BCUT2D eigenvalue weighted by molar-refractivity contribution is 5.96. The summed E-state index contributed by atoms with van der Waals surface area (Å²) in [7, 11) is 4.61. The topological polar surface area (TPSA) is 90.9 Å². The first kappa shape index (κ1) is 15.8. The highest BCUT2D eigenvalue weighted by Gasteiger charge is 2.21. The second-order valence-corrected chi connectivity index (χ2v) is 3.79. The Morgan fingerprint density at radius 2 is 2.06 bits per heavy atom. The maximum absolute atomic E-state index is 11.6. The van der Waals surface area contributed by atoms with Gasteiger partial charge < -0.3 is 15.2 Å². The molecular formula is C10H21N3O4. The predicted octanol–water partition coefficient (Wildman–Crippen LogP) is -1.23. The standard InChI is InChI=1S/C10H21N3O4/c1-7(9(15)12-10(16)11-2)13(3)5-8(14)6-17-4/h7-8,14H,5-6H2,1-4H3,(H2,11,12,15,16). The van der Waals surface area contributed by atoms with Gasteiger partial charge in [0.25, 0.3) is 0 Å². The number of hydrogen-bond acceptors (Lipinski definition) is 5. The first-order valence-corrected chi connectivity index (χ1v) is 5.32. The van der Waals surface area contributed by atoms with Crippen molar-refractivity contribution in [1.29, 1.82) is 0 Å². The first-order chi connectivity index (χ1) is 7.92. The van der Waals surface area contributed by atoms with Crippen LogP contribution >= 0.6 is 0 Å². The molecule has 0 aromatic carbocycles. The Hall–Kier alpha value is -1.18. The Kier molecular flexibility index (Phi) is 7.44. The lowest BCUT2D eigenvalue weighted by Gasteiger charge is -2.25. The number of carbonyl (C=O) groups is 2. The molecule has 0 saturated heterocycles. The van der Waals surface area contributed by atoms with E-state index in [0.29, 0.717) is 0 Å². The number of nitrogens with zero attached hydrogens (tertiary/aromatic N) is 1. The number of nitrogens with one attached hydrogen (secondary N) is 2. The van der Waals surface area contributed by atoms with Crippen LogP contribution in [-0.4, -0.2) is 68.4 Å². The number of urea groups is 1. The van der Waals surface area contributed by atoms with Crippen molar-refractivity contribution in [3.8, 4) is 0 Å². The smallest absolute Gasteiger partial charge is 0.321 e. The van der Waals surface area contributed by atoms with Crippen molar-refractivity contribution in [2.75, 3.05) is 34.4 Å².